The third-order valence-corrected chi connectivity index (χ3v) is 0. The van der Waals surface area contributed by atoms with E-state index in [0.717, 1.165) is 6.92 Å². The first-order chi connectivity index (χ1) is 3.73. The molecule has 0 fully saturated rings. The van der Waals surface area contributed by atoms with Crippen LogP contribution in [0.5, 0.6) is 0 Å². The van der Waals surface area contributed by atoms with Crippen molar-refractivity contribution in [3.8, 4) is 0 Å². The molecule has 0 aliphatic heterocycles. The van der Waals surface area contributed by atoms with Crippen LogP contribution in [0, 0.1) is 0 Å². The molecule has 0 spiro atoms. The predicted molar refractivity (Wildman–Crippen MR) is 43.8 cm³/mol. The van der Waals surface area contributed by atoms with Gasteiger partial charge in [-0.1, -0.05) is 0 Å². The average molecular weight is 325 g/mol. The monoisotopic (exact) mass is 323 g/mol. The van der Waals surface area contributed by atoms with Crippen molar-refractivity contribution in [2.45, 2.75) is 6.92 Å². The maximum absolute atomic E-state index is 9.00. The molecule has 0 bridgehead atoms. The molecule has 0 saturated heterocycles. The van der Waals surface area contributed by atoms with Crippen LogP contribution in [-0.4, -0.2) is 51.7 Å². The summed E-state index contributed by atoms with van der Waals surface area (Å²) >= 11 is 0. The Morgan fingerprint density at radius 1 is 1.31 bits per heavy atom. The molecule has 13 heavy (non-hydrogen) atoms. The number of carboxylic acid groups (broad SMARTS) is 1. The quantitative estimate of drug-likeness (QED) is 0.320. The molecule has 0 heterocycles. The van der Waals surface area contributed by atoms with E-state index in [4.69, 9.17) is 27.4 Å². The van der Waals surface area contributed by atoms with Crippen LogP contribution in [0.3, 0.4) is 0 Å². The van der Waals surface area contributed by atoms with Gasteiger partial charge in [0.15, 0.2) is 0 Å². The second-order valence-corrected chi connectivity index (χ2v) is 1.86. The number of carbonyl (C=O) groups is 1. The van der Waals surface area contributed by atoms with E-state index in [1.54, 1.807) is 0 Å². The number of halogens is 1. The standard InChI is InChI=1S/C2H4O2.ClH.Cu.K.Mg.H2O4S.3H/c1-2(3)4;;;;;1-5(2,3)4;;;/h1H3,(H,3,4);1H;;;;(H2,1,2,3,4);;;/q;;;+1;+2;;3*-1. The maximum Gasteiger partial charge on any atom is 2.00 e. The summed E-state index contributed by atoms with van der Waals surface area (Å²) in [4.78, 5) is 9.00. The Labute approximate surface area is 156 Å². The minimum Gasteiger partial charge on any atom is -1.00 e. The van der Waals surface area contributed by atoms with E-state index < -0.39 is 16.4 Å². The summed E-state index contributed by atoms with van der Waals surface area (Å²) in [6.45, 7) is 1.08. The van der Waals surface area contributed by atoms with Gasteiger partial charge in [-0.2, -0.15) is 8.42 Å². The van der Waals surface area contributed by atoms with Crippen LogP contribution in [0.2, 0.25) is 0 Å². The molecule has 11 heteroatoms. The number of rotatable bonds is 0. The summed E-state index contributed by atoms with van der Waals surface area (Å²) < 4.78 is 31.6. The molecule has 6 nitrogen and oxygen atoms in total. The number of aliphatic carboxylic acids is 1. The Hall–Kier alpha value is 2.55. The molecule has 0 rings (SSSR count). The Morgan fingerprint density at radius 3 is 1.31 bits per heavy atom. The summed E-state index contributed by atoms with van der Waals surface area (Å²) in [5.41, 5.74) is 0. The van der Waals surface area contributed by atoms with Gasteiger partial charge in [-0.15, -0.1) is 12.4 Å². The molecule has 0 aliphatic rings. The minimum absolute atomic E-state index is 0. The van der Waals surface area contributed by atoms with Gasteiger partial charge in [0.2, 0.25) is 0 Å². The first-order valence-electron chi connectivity index (χ1n) is 1.63. The number of hydrogen-bond donors (Lipinski definition) is 3. The molecule has 1 radical (unpaired) electrons. The summed E-state index contributed by atoms with van der Waals surface area (Å²) in [5.74, 6) is -0.833. The molecule has 0 aromatic carbocycles. The van der Waals surface area contributed by atoms with Gasteiger partial charge in [0, 0.05) is 24.0 Å². The molecule has 81 valence electrons. The van der Waals surface area contributed by atoms with E-state index in [2.05, 4.69) is 0 Å². The largest absolute Gasteiger partial charge is 2.00 e. The van der Waals surface area contributed by atoms with E-state index in [1.807, 2.05) is 0 Å². The fraction of sp³-hybridized carbons (Fsp3) is 0.500. The Kier molecular flexibility index (Phi) is 55.6. The Bertz CT molecular complexity index is 184. The van der Waals surface area contributed by atoms with Gasteiger partial charge >= 0.3 is 84.8 Å². The Balaban J connectivity index is -0.00000000614. The van der Waals surface area contributed by atoms with Crippen molar-refractivity contribution < 1.29 is 100 Å². The van der Waals surface area contributed by atoms with Crippen LogP contribution < -0.4 is 51.4 Å². The summed E-state index contributed by atoms with van der Waals surface area (Å²) in [5, 5.41) is 7.42. The van der Waals surface area contributed by atoms with E-state index in [1.165, 1.54) is 0 Å². The number of carboxylic acids is 1. The van der Waals surface area contributed by atoms with Crippen LogP contribution in [-0.2, 0) is 32.3 Å². The van der Waals surface area contributed by atoms with Gasteiger partial charge in [-0.25, -0.2) is 0 Å². The van der Waals surface area contributed by atoms with Crippen LogP contribution in [0.15, 0.2) is 0 Å². The molecular formula is C2H10ClCuKMgO6S. The SMILES string of the molecule is CC(=O)O.Cl.O=S(=O)(O)O.[Cu].[H-].[H-].[H-].[K+].[Mg+2]. The van der Waals surface area contributed by atoms with Crippen LogP contribution >= 0.6 is 12.4 Å². The first-order valence-corrected chi connectivity index (χ1v) is 3.02. The van der Waals surface area contributed by atoms with Crippen LogP contribution in [0.1, 0.15) is 11.2 Å². The molecule has 0 aromatic rings. The fourth-order valence-corrected chi connectivity index (χ4v) is 0. The summed E-state index contributed by atoms with van der Waals surface area (Å²) in [7, 11) is -4.67. The zero-order chi connectivity index (χ0) is 8.08. The zero-order valence-electron chi connectivity index (χ0n) is 9.89. The van der Waals surface area contributed by atoms with Crippen molar-refractivity contribution in [1.29, 1.82) is 0 Å². The molecule has 0 saturated carbocycles. The van der Waals surface area contributed by atoms with Crippen molar-refractivity contribution in [3.05, 3.63) is 0 Å². The van der Waals surface area contributed by atoms with Crippen LogP contribution in [0.25, 0.3) is 0 Å². The van der Waals surface area contributed by atoms with Crippen molar-refractivity contribution in [2.24, 2.45) is 0 Å². The molecule has 0 aromatic heterocycles. The normalized spacial score (nSPS) is 6.38. The topological polar surface area (TPSA) is 112 Å². The molecular weight excluding hydrogens is 314 g/mol. The van der Waals surface area contributed by atoms with Gasteiger partial charge in [0.25, 0.3) is 5.97 Å². The summed E-state index contributed by atoms with van der Waals surface area (Å²) in [6.07, 6.45) is 0. The van der Waals surface area contributed by atoms with Crippen molar-refractivity contribution in [1.82, 2.24) is 0 Å². The van der Waals surface area contributed by atoms with E-state index >= 15 is 0 Å². The molecule has 0 amide bonds. The van der Waals surface area contributed by atoms with Gasteiger partial charge in [-0.3, -0.25) is 13.9 Å². The molecule has 0 aliphatic carbocycles. The molecule has 0 atom stereocenters. The third kappa shape index (κ3) is 352. The molecule has 3 N–H and O–H groups in total. The van der Waals surface area contributed by atoms with E-state index in [9.17, 15) is 0 Å². The van der Waals surface area contributed by atoms with Gasteiger partial charge < -0.3 is 9.39 Å². The summed E-state index contributed by atoms with van der Waals surface area (Å²) in [6, 6.07) is 0. The van der Waals surface area contributed by atoms with Crippen molar-refractivity contribution in [2.75, 3.05) is 0 Å². The zero-order valence-corrected chi connectivity index (χ0v) is 14.0. The van der Waals surface area contributed by atoms with E-state index in [0.29, 0.717) is 0 Å². The minimum atomic E-state index is -4.67. The van der Waals surface area contributed by atoms with Gasteiger partial charge in [0.1, 0.15) is 0 Å². The van der Waals surface area contributed by atoms with Crippen molar-refractivity contribution in [3.63, 3.8) is 0 Å². The fourth-order valence-electron chi connectivity index (χ4n) is 0. The van der Waals surface area contributed by atoms with Crippen LogP contribution in [0.4, 0.5) is 0 Å². The first kappa shape index (κ1) is 36.1. The van der Waals surface area contributed by atoms with E-state index in [-0.39, 0.29) is 108 Å². The smallest absolute Gasteiger partial charge is 1.00 e. The second kappa shape index (κ2) is 20.0. The predicted octanol–water partition coefficient (Wildman–Crippen LogP) is -3.18. The Morgan fingerprint density at radius 2 is 1.31 bits per heavy atom. The maximum atomic E-state index is 9.00. The van der Waals surface area contributed by atoms with Crippen molar-refractivity contribution >= 4 is 51.8 Å². The van der Waals surface area contributed by atoms with Gasteiger partial charge in [-0.05, 0) is 0 Å². The average Bonchev–Trinajstić information content (AvgIpc) is 1.19. The number of hydrogen-bond acceptors (Lipinski definition) is 3. The molecule has 0 unspecified atom stereocenters. The second-order valence-electron chi connectivity index (χ2n) is 0.967. The van der Waals surface area contributed by atoms with Gasteiger partial charge in [0.05, 0.1) is 0 Å². The third-order valence-electron chi connectivity index (χ3n) is 0.